The number of benzene rings is 2. The minimum absolute atomic E-state index is 0.0748. The second kappa shape index (κ2) is 7.69. The Morgan fingerprint density at radius 1 is 1.18 bits per heavy atom. The summed E-state index contributed by atoms with van der Waals surface area (Å²) in [5.41, 5.74) is 2.12. The minimum Gasteiger partial charge on any atom is -0.366 e. The second-order valence-corrected chi connectivity index (χ2v) is 7.45. The standard InChI is InChI=1S/C18H16ClN5O3S/c19-12-5-6-13-17(22-28-21-13)16(12)20-18(25)11-4-7-14(15(10-11)24(26)27)23-8-2-1-3-9-23/h4-7,10H,1-3,8-9H2,(H,20,25). The number of nitro groups is 1. The van der Waals surface area contributed by atoms with Crippen molar-refractivity contribution in [2.75, 3.05) is 23.3 Å². The molecule has 8 nitrogen and oxygen atoms in total. The molecule has 0 spiro atoms. The Labute approximate surface area is 169 Å². The first-order valence-electron chi connectivity index (χ1n) is 8.80. The summed E-state index contributed by atoms with van der Waals surface area (Å²) < 4.78 is 8.29. The Bertz CT molecular complexity index is 1060. The summed E-state index contributed by atoms with van der Waals surface area (Å²) in [5.74, 6) is -0.490. The Kier molecular flexibility index (Phi) is 5.10. The predicted octanol–water partition coefficient (Wildman–Crippen LogP) is 4.50. The van der Waals surface area contributed by atoms with E-state index in [0.29, 0.717) is 27.4 Å². The maximum atomic E-state index is 12.7. The molecule has 10 heteroatoms. The summed E-state index contributed by atoms with van der Waals surface area (Å²) in [6, 6.07) is 7.90. The van der Waals surface area contributed by atoms with Crippen LogP contribution >= 0.6 is 23.3 Å². The molecular weight excluding hydrogens is 402 g/mol. The highest BCUT2D eigenvalue weighted by molar-refractivity contribution is 7.00. The molecule has 0 saturated carbocycles. The lowest BCUT2D eigenvalue weighted by atomic mass is 10.1. The maximum absolute atomic E-state index is 12.7. The summed E-state index contributed by atoms with van der Waals surface area (Å²) in [7, 11) is 0. The Hall–Kier alpha value is -2.78. The van der Waals surface area contributed by atoms with Gasteiger partial charge in [-0.3, -0.25) is 14.9 Å². The molecule has 1 N–H and O–H groups in total. The number of nitrogens with one attached hydrogen (secondary N) is 1. The van der Waals surface area contributed by atoms with E-state index < -0.39 is 10.8 Å². The summed E-state index contributed by atoms with van der Waals surface area (Å²) in [5, 5.41) is 14.6. The van der Waals surface area contributed by atoms with Crippen molar-refractivity contribution in [3.63, 3.8) is 0 Å². The molecule has 3 aromatic rings. The Morgan fingerprint density at radius 3 is 2.71 bits per heavy atom. The van der Waals surface area contributed by atoms with E-state index >= 15 is 0 Å². The van der Waals surface area contributed by atoms with Crippen LogP contribution in [0, 0.1) is 10.1 Å². The number of anilines is 2. The molecule has 1 fully saturated rings. The molecule has 1 aliphatic rings. The van der Waals surface area contributed by atoms with Crippen LogP contribution in [0.5, 0.6) is 0 Å². The third kappa shape index (κ3) is 3.50. The van der Waals surface area contributed by atoms with Crippen molar-refractivity contribution < 1.29 is 9.72 Å². The maximum Gasteiger partial charge on any atom is 0.293 e. The van der Waals surface area contributed by atoms with Crippen LogP contribution in [0.25, 0.3) is 11.0 Å². The largest absolute Gasteiger partial charge is 0.366 e. The SMILES string of the molecule is O=C(Nc1c(Cl)ccc2nsnc12)c1ccc(N2CCCCC2)c([N+](=O)[O-])c1. The smallest absolute Gasteiger partial charge is 0.293 e. The van der Waals surface area contributed by atoms with Crippen LogP contribution in [0.4, 0.5) is 17.1 Å². The van der Waals surface area contributed by atoms with Crippen LogP contribution in [0.3, 0.4) is 0 Å². The van der Waals surface area contributed by atoms with Gasteiger partial charge in [0, 0.05) is 24.7 Å². The number of halogens is 1. The first kappa shape index (κ1) is 18.6. The fourth-order valence-corrected chi connectivity index (χ4v) is 4.09. The van der Waals surface area contributed by atoms with Gasteiger partial charge in [-0.15, -0.1) is 0 Å². The first-order chi connectivity index (χ1) is 13.5. The van der Waals surface area contributed by atoms with Crippen LogP contribution in [-0.2, 0) is 0 Å². The molecule has 0 radical (unpaired) electrons. The second-order valence-electron chi connectivity index (χ2n) is 6.52. The number of hydrogen-bond donors (Lipinski definition) is 1. The molecule has 1 saturated heterocycles. The van der Waals surface area contributed by atoms with Crippen LogP contribution < -0.4 is 10.2 Å². The van der Waals surface area contributed by atoms with E-state index in [4.69, 9.17) is 11.6 Å². The molecule has 4 rings (SSSR count). The number of hydrogen-bond acceptors (Lipinski definition) is 7. The molecule has 2 heterocycles. The van der Waals surface area contributed by atoms with E-state index in [1.165, 1.54) is 6.07 Å². The number of amides is 1. The third-order valence-electron chi connectivity index (χ3n) is 4.75. The van der Waals surface area contributed by atoms with Crippen LogP contribution in [0.15, 0.2) is 30.3 Å². The molecular formula is C18H16ClN5O3S. The summed E-state index contributed by atoms with van der Waals surface area (Å²) in [4.78, 5) is 25.9. The van der Waals surface area contributed by atoms with Crippen LogP contribution in [-0.4, -0.2) is 32.7 Å². The Balaban J connectivity index is 1.65. The average Bonchev–Trinajstić information content (AvgIpc) is 3.19. The number of carbonyl (C=O) groups excluding carboxylic acids is 1. The first-order valence-corrected chi connectivity index (χ1v) is 9.91. The van der Waals surface area contributed by atoms with Gasteiger partial charge in [0.2, 0.25) is 0 Å². The van der Waals surface area contributed by atoms with Gasteiger partial charge in [0.1, 0.15) is 16.7 Å². The molecule has 1 aromatic heterocycles. The lowest BCUT2D eigenvalue weighted by Gasteiger charge is -2.28. The normalized spacial score (nSPS) is 14.2. The van der Waals surface area contributed by atoms with Gasteiger partial charge in [0.25, 0.3) is 11.6 Å². The zero-order valence-corrected chi connectivity index (χ0v) is 16.3. The van der Waals surface area contributed by atoms with Crippen LogP contribution in [0.2, 0.25) is 5.02 Å². The van der Waals surface area contributed by atoms with Gasteiger partial charge >= 0.3 is 0 Å². The van der Waals surface area contributed by atoms with Gasteiger partial charge < -0.3 is 10.2 Å². The Morgan fingerprint density at radius 2 is 1.96 bits per heavy atom. The van der Waals surface area contributed by atoms with E-state index in [-0.39, 0.29) is 11.3 Å². The average molecular weight is 418 g/mol. The van der Waals surface area contributed by atoms with Crippen molar-refractivity contribution in [1.82, 2.24) is 8.75 Å². The van der Waals surface area contributed by atoms with Gasteiger partial charge in [0.05, 0.1) is 27.4 Å². The monoisotopic (exact) mass is 417 g/mol. The number of nitrogens with zero attached hydrogens (tertiary/aromatic N) is 4. The van der Waals surface area contributed by atoms with Crippen molar-refractivity contribution in [2.24, 2.45) is 0 Å². The van der Waals surface area contributed by atoms with Crippen LogP contribution in [0.1, 0.15) is 29.6 Å². The molecule has 0 unspecified atom stereocenters. The topological polar surface area (TPSA) is 101 Å². The van der Waals surface area contributed by atoms with Crippen molar-refractivity contribution in [3.05, 3.63) is 51.0 Å². The third-order valence-corrected chi connectivity index (χ3v) is 5.60. The zero-order valence-electron chi connectivity index (χ0n) is 14.7. The van der Waals surface area contributed by atoms with Gasteiger partial charge in [-0.05, 0) is 43.5 Å². The van der Waals surface area contributed by atoms with Crippen molar-refractivity contribution in [1.29, 1.82) is 0 Å². The van der Waals surface area contributed by atoms with Crippen molar-refractivity contribution in [3.8, 4) is 0 Å². The van der Waals surface area contributed by atoms with Gasteiger partial charge in [-0.2, -0.15) is 8.75 Å². The van der Waals surface area contributed by atoms with E-state index in [0.717, 1.165) is 44.1 Å². The summed E-state index contributed by atoms with van der Waals surface area (Å²) >= 11 is 7.23. The van der Waals surface area contributed by atoms with E-state index in [2.05, 4.69) is 14.1 Å². The number of nitro benzene ring substituents is 1. The molecule has 28 heavy (non-hydrogen) atoms. The molecule has 0 bridgehead atoms. The van der Waals surface area contributed by atoms with E-state index in [1.807, 2.05) is 4.90 Å². The minimum atomic E-state index is -0.490. The van der Waals surface area contributed by atoms with Gasteiger partial charge in [-0.25, -0.2) is 0 Å². The lowest BCUT2D eigenvalue weighted by Crippen LogP contribution is -2.30. The molecule has 1 aliphatic heterocycles. The molecule has 0 aliphatic carbocycles. The number of carbonyl (C=O) groups is 1. The highest BCUT2D eigenvalue weighted by atomic mass is 35.5. The lowest BCUT2D eigenvalue weighted by molar-refractivity contribution is -0.384. The van der Waals surface area contributed by atoms with Gasteiger partial charge in [0.15, 0.2) is 0 Å². The fourth-order valence-electron chi connectivity index (χ4n) is 3.34. The highest BCUT2D eigenvalue weighted by Crippen LogP contribution is 2.33. The number of piperidine rings is 1. The van der Waals surface area contributed by atoms with Crippen molar-refractivity contribution in [2.45, 2.75) is 19.3 Å². The summed E-state index contributed by atoms with van der Waals surface area (Å²) in [6.07, 6.45) is 3.13. The molecule has 144 valence electrons. The molecule has 0 atom stereocenters. The zero-order chi connectivity index (χ0) is 19.7. The van der Waals surface area contributed by atoms with Crippen molar-refractivity contribution >= 4 is 57.3 Å². The summed E-state index contributed by atoms with van der Waals surface area (Å²) in [6.45, 7) is 1.56. The molecule has 1 amide bonds. The number of aromatic nitrogens is 2. The molecule has 2 aromatic carbocycles. The highest BCUT2D eigenvalue weighted by Gasteiger charge is 2.24. The van der Waals surface area contributed by atoms with E-state index in [9.17, 15) is 14.9 Å². The van der Waals surface area contributed by atoms with E-state index in [1.54, 1.807) is 24.3 Å². The fraction of sp³-hybridized carbons (Fsp3) is 0.278. The number of fused-ring (bicyclic) bond motifs is 1. The number of rotatable bonds is 4. The quantitative estimate of drug-likeness (QED) is 0.495. The predicted molar refractivity (Wildman–Crippen MR) is 110 cm³/mol. The van der Waals surface area contributed by atoms with Gasteiger partial charge in [-0.1, -0.05) is 11.6 Å².